The fourth-order valence-electron chi connectivity index (χ4n) is 2.03. The molecule has 2 aromatic carbocycles. The second-order valence-corrected chi connectivity index (χ2v) is 5.69. The number of hydrogen-bond acceptors (Lipinski definition) is 2. The molecule has 0 atom stereocenters. The Morgan fingerprint density at radius 2 is 1.86 bits per heavy atom. The van der Waals surface area contributed by atoms with Crippen LogP contribution in [0.2, 0.25) is 0 Å². The smallest absolute Gasteiger partial charge is 0.257 e. The highest BCUT2D eigenvalue weighted by Gasteiger charge is 2.13. The van der Waals surface area contributed by atoms with Crippen LogP contribution in [0.25, 0.3) is 0 Å². The number of carbonyl (C=O) groups excluding carboxylic acids is 1. The van der Waals surface area contributed by atoms with Gasteiger partial charge in [-0.1, -0.05) is 11.6 Å². The van der Waals surface area contributed by atoms with Gasteiger partial charge in [0, 0.05) is 18.4 Å². The summed E-state index contributed by atoms with van der Waals surface area (Å²) in [5.74, 6) is -0.582. The van der Waals surface area contributed by atoms with E-state index in [1.807, 2.05) is 25.1 Å². The lowest BCUT2D eigenvalue weighted by atomic mass is 10.1. The van der Waals surface area contributed by atoms with Crippen LogP contribution in [0.15, 0.2) is 34.8 Å². The fraction of sp³-hybridized carbons (Fsp3) is 0.188. The molecule has 2 rings (SSSR count). The number of anilines is 2. The Morgan fingerprint density at radius 1 is 1.14 bits per heavy atom. The second-order valence-electron chi connectivity index (χ2n) is 4.83. The molecule has 0 saturated heterocycles. The molecule has 0 fully saturated rings. The van der Waals surface area contributed by atoms with Gasteiger partial charge in [-0.05, 0) is 59.6 Å². The SMILES string of the molecule is CNc1ccc(C)cc1C(=O)Nc1cc(Br)c(F)cc1C. The van der Waals surface area contributed by atoms with Crippen LogP contribution < -0.4 is 10.6 Å². The summed E-state index contributed by atoms with van der Waals surface area (Å²) in [6.45, 7) is 3.68. The second kappa shape index (κ2) is 6.26. The van der Waals surface area contributed by atoms with Gasteiger partial charge in [-0.3, -0.25) is 4.79 Å². The zero-order valence-corrected chi connectivity index (χ0v) is 13.6. The van der Waals surface area contributed by atoms with Crippen LogP contribution in [-0.2, 0) is 0 Å². The molecule has 0 aliphatic carbocycles. The van der Waals surface area contributed by atoms with Gasteiger partial charge in [-0.15, -0.1) is 0 Å². The molecule has 5 heteroatoms. The summed E-state index contributed by atoms with van der Waals surface area (Å²) >= 11 is 3.13. The van der Waals surface area contributed by atoms with Crippen LogP contribution in [-0.4, -0.2) is 13.0 Å². The minimum Gasteiger partial charge on any atom is -0.387 e. The first-order chi connectivity index (χ1) is 9.92. The Morgan fingerprint density at radius 3 is 2.52 bits per heavy atom. The third-order valence-corrected chi connectivity index (χ3v) is 3.81. The summed E-state index contributed by atoms with van der Waals surface area (Å²) in [6, 6.07) is 8.56. The first kappa shape index (κ1) is 15.5. The molecule has 0 radical (unpaired) electrons. The first-order valence-electron chi connectivity index (χ1n) is 6.47. The Hall–Kier alpha value is -1.88. The van der Waals surface area contributed by atoms with Gasteiger partial charge in [0.1, 0.15) is 5.82 Å². The van der Waals surface area contributed by atoms with E-state index in [0.29, 0.717) is 21.3 Å². The van der Waals surface area contributed by atoms with E-state index in [2.05, 4.69) is 26.6 Å². The molecule has 110 valence electrons. The molecule has 2 N–H and O–H groups in total. The lowest BCUT2D eigenvalue weighted by Gasteiger charge is -2.13. The average molecular weight is 351 g/mol. The zero-order valence-electron chi connectivity index (χ0n) is 12.1. The van der Waals surface area contributed by atoms with Crippen molar-refractivity contribution in [3.63, 3.8) is 0 Å². The molecule has 0 aromatic heterocycles. The van der Waals surface area contributed by atoms with E-state index in [9.17, 15) is 9.18 Å². The highest BCUT2D eigenvalue weighted by atomic mass is 79.9. The number of aryl methyl sites for hydroxylation is 2. The molecule has 3 nitrogen and oxygen atoms in total. The van der Waals surface area contributed by atoms with E-state index in [4.69, 9.17) is 0 Å². The number of amides is 1. The van der Waals surface area contributed by atoms with Crippen molar-refractivity contribution in [2.24, 2.45) is 0 Å². The fourth-order valence-corrected chi connectivity index (χ4v) is 2.38. The van der Waals surface area contributed by atoms with Crippen molar-refractivity contribution in [2.75, 3.05) is 17.7 Å². The molecular weight excluding hydrogens is 335 g/mol. The van der Waals surface area contributed by atoms with Crippen molar-refractivity contribution in [1.29, 1.82) is 0 Å². The quantitative estimate of drug-likeness (QED) is 0.855. The normalized spacial score (nSPS) is 10.3. The standard InChI is InChI=1S/C16H16BrFN2O/c1-9-4-5-14(19-3)11(6-9)16(21)20-15-8-12(17)13(18)7-10(15)2/h4-8,19H,1-3H3,(H,20,21). The summed E-state index contributed by atoms with van der Waals surface area (Å²) in [5.41, 5.74) is 3.55. The van der Waals surface area contributed by atoms with Crippen molar-refractivity contribution in [1.82, 2.24) is 0 Å². The van der Waals surface area contributed by atoms with Crippen molar-refractivity contribution in [2.45, 2.75) is 13.8 Å². The van der Waals surface area contributed by atoms with Crippen molar-refractivity contribution in [3.8, 4) is 0 Å². The number of benzene rings is 2. The highest BCUT2D eigenvalue weighted by Crippen LogP contribution is 2.25. The molecule has 0 aliphatic rings. The molecule has 0 saturated carbocycles. The van der Waals surface area contributed by atoms with E-state index in [1.165, 1.54) is 6.07 Å². The Balaban J connectivity index is 2.34. The van der Waals surface area contributed by atoms with E-state index in [0.717, 1.165) is 11.3 Å². The van der Waals surface area contributed by atoms with E-state index >= 15 is 0 Å². The summed E-state index contributed by atoms with van der Waals surface area (Å²) in [5, 5.41) is 5.82. The molecule has 1 amide bonds. The third-order valence-electron chi connectivity index (χ3n) is 3.20. The van der Waals surface area contributed by atoms with Crippen LogP contribution >= 0.6 is 15.9 Å². The Labute approximate surface area is 131 Å². The Kier molecular flexibility index (Phi) is 4.63. The van der Waals surface area contributed by atoms with Crippen LogP contribution in [0.5, 0.6) is 0 Å². The molecule has 2 aromatic rings. The lowest BCUT2D eigenvalue weighted by Crippen LogP contribution is -2.15. The molecule has 0 bridgehead atoms. The lowest BCUT2D eigenvalue weighted by molar-refractivity contribution is 0.102. The molecule has 0 heterocycles. The summed E-state index contributed by atoms with van der Waals surface area (Å²) in [7, 11) is 1.77. The maximum atomic E-state index is 13.4. The van der Waals surface area contributed by atoms with Gasteiger partial charge in [-0.25, -0.2) is 4.39 Å². The van der Waals surface area contributed by atoms with Crippen LogP contribution in [0.4, 0.5) is 15.8 Å². The van der Waals surface area contributed by atoms with Gasteiger partial charge in [0.25, 0.3) is 5.91 Å². The topological polar surface area (TPSA) is 41.1 Å². The minimum atomic E-state index is -0.350. The summed E-state index contributed by atoms with van der Waals surface area (Å²) in [4.78, 5) is 12.4. The van der Waals surface area contributed by atoms with Gasteiger partial charge < -0.3 is 10.6 Å². The summed E-state index contributed by atoms with van der Waals surface area (Å²) < 4.78 is 13.7. The number of hydrogen-bond donors (Lipinski definition) is 2. The Bertz CT molecular complexity index is 701. The van der Waals surface area contributed by atoms with E-state index in [-0.39, 0.29) is 11.7 Å². The first-order valence-corrected chi connectivity index (χ1v) is 7.27. The molecule has 0 spiro atoms. The number of carbonyl (C=O) groups is 1. The van der Waals surface area contributed by atoms with Crippen LogP contribution in [0.3, 0.4) is 0 Å². The summed E-state index contributed by atoms with van der Waals surface area (Å²) in [6.07, 6.45) is 0. The monoisotopic (exact) mass is 350 g/mol. The largest absolute Gasteiger partial charge is 0.387 e. The van der Waals surface area contributed by atoms with Crippen LogP contribution in [0, 0.1) is 19.7 Å². The van der Waals surface area contributed by atoms with Gasteiger partial charge >= 0.3 is 0 Å². The van der Waals surface area contributed by atoms with Gasteiger partial charge in [0.05, 0.1) is 10.0 Å². The van der Waals surface area contributed by atoms with Crippen molar-refractivity contribution in [3.05, 3.63) is 57.3 Å². The van der Waals surface area contributed by atoms with Crippen molar-refractivity contribution < 1.29 is 9.18 Å². The molecule has 0 aliphatic heterocycles. The van der Waals surface area contributed by atoms with Gasteiger partial charge in [0.2, 0.25) is 0 Å². The van der Waals surface area contributed by atoms with Gasteiger partial charge in [-0.2, -0.15) is 0 Å². The third kappa shape index (κ3) is 3.42. The maximum Gasteiger partial charge on any atom is 0.257 e. The predicted molar refractivity (Wildman–Crippen MR) is 87.5 cm³/mol. The number of rotatable bonds is 3. The van der Waals surface area contributed by atoms with Gasteiger partial charge in [0.15, 0.2) is 0 Å². The van der Waals surface area contributed by atoms with Crippen LogP contribution in [0.1, 0.15) is 21.5 Å². The average Bonchev–Trinajstić information content (AvgIpc) is 2.44. The molecule has 21 heavy (non-hydrogen) atoms. The zero-order chi connectivity index (χ0) is 15.6. The number of halogens is 2. The maximum absolute atomic E-state index is 13.4. The molecular formula is C16H16BrFN2O. The van der Waals surface area contributed by atoms with Crippen molar-refractivity contribution >= 4 is 33.2 Å². The minimum absolute atomic E-state index is 0.232. The van der Waals surface area contributed by atoms with E-state index in [1.54, 1.807) is 20.0 Å². The highest BCUT2D eigenvalue weighted by molar-refractivity contribution is 9.10. The predicted octanol–water partition coefficient (Wildman–Crippen LogP) is 4.50. The number of nitrogens with one attached hydrogen (secondary N) is 2. The van der Waals surface area contributed by atoms with E-state index < -0.39 is 0 Å². The molecule has 0 unspecified atom stereocenters.